The maximum atomic E-state index is 13.3. The number of carboxylic acids is 1. The molecule has 2 N–H and O–H groups in total. The van der Waals surface area contributed by atoms with Gasteiger partial charge in [-0.1, -0.05) is 6.07 Å². The molecule has 0 atom stereocenters. The lowest BCUT2D eigenvalue weighted by molar-refractivity contribution is 0.0690. The Hall–Kier alpha value is -3.81. The summed E-state index contributed by atoms with van der Waals surface area (Å²) in [6.45, 7) is 0.884. The van der Waals surface area contributed by atoms with Crippen molar-refractivity contribution < 1.29 is 28.2 Å². The fourth-order valence-electron chi connectivity index (χ4n) is 2.57. The zero-order chi connectivity index (χ0) is 21.0. The third-order valence-electron chi connectivity index (χ3n) is 4.04. The Morgan fingerprint density at radius 3 is 2.48 bits per heavy atom. The van der Waals surface area contributed by atoms with Crippen molar-refractivity contribution in [3.63, 3.8) is 0 Å². The van der Waals surface area contributed by atoms with E-state index in [2.05, 4.69) is 10.3 Å². The molecule has 0 bridgehead atoms. The summed E-state index contributed by atoms with van der Waals surface area (Å²) >= 11 is 0. The van der Waals surface area contributed by atoms with Crippen LogP contribution >= 0.6 is 0 Å². The van der Waals surface area contributed by atoms with Crippen LogP contribution in [0.25, 0.3) is 0 Å². The number of alkyl halides is 1. The quantitative estimate of drug-likeness (QED) is 0.626. The molecule has 148 valence electrons. The van der Waals surface area contributed by atoms with Crippen LogP contribution in [0.1, 0.15) is 32.0 Å². The number of halogens is 2. The number of nitrogens with one attached hydrogen (secondary N) is 1. The molecule has 3 aromatic rings. The third kappa shape index (κ3) is 4.73. The highest BCUT2D eigenvalue weighted by atomic mass is 19.1. The number of rotatable bonds is 6. The molecule has 0 spiro atoms. The van der Waals surface area contributed by atoms with Gasteiger partial charge >= 0.3 is 5.97 Å². The van der Waals surface area contributed by atoms with E-state index in [9.17, 15) is 18.4 Å². The number of ether oxygens (including phenoxy) is 1. The van der Waals surface area contributed by atoms with Gasteiger partial charge in [0.05, 0.1) is 17.4 Å². The number of anilines is 1. The van der Waals surface area contributed by atoms with Gasteiger partial charge in [-0.2, -0.15) is 0 Å². The highest BCUT2D eigenvalue weighted by molar-refractivity contribution is 6.06. The number of benzene rings is 2. The molecule has 0 aliphatic rings. The second kappa shape index (κ2) is 8.47. The van der Waals surface area contributed by atoms with Gasteiger partial charge in [0, 0.05) is 0 Å². The fourth-order valence-corrected chi connectivity index (χ4v) is 2.57. The number of aromatic nitrogens is 1. The number of hydrogen-bond acceptors (Lipinski definition) is 4. The first-order valence-corrected chi connectivity index (χ1v) is 8.51. The second-order valence-corrected chi connectivity index (χ2v) is 6.17. The van der Waals surface area contributed by atoms with Crippen molar-refractivity contribution in [1.29, 1.82) is 0 Å². The zero-order valence-corrected chi connectivity index (χ0v) is 15.3. The van der Waals surface area contributed by atoms with Crippen LogP contribution in [0.2, 0.25) is 0 Å². The maximum absolute atomic E-state index is 13.3. The van der Waals surface area contributed by atoms with E-state index in [1.165, 1.54) is 54.7 Å². The first-order chi connectivity index (χ1) is 13.9. The van der Waals surface area contributed by atoms with Gasteiger partial charge in [0.25, 0.3) is 5.91 Å². The van der Waals surface area contributed by atoms with E-state index in [-0.39, 0.29) is 28.3 Å². The molecular formula is C21H16F2N2O4. The molecule has 29 heavy (non-hydrogen) atoms. The highest BCUT2D eigenvalue weighted by Crippen LogP contribution is 2.30. The number of carbonyl (C=O) groups is 2. The Balaban J connectivity index is 1.89. The number of aromatic carboxylic acids is 1. The second-order valence-electron chi connectivity index (χ2n) is 6.17. The van der Waals surface area contributed by atoms with Gasteiger partial charge in [-0.05, 0) is 60.5 Å². The van der Waals surface area contributed by atoms with E-state index >= 15 is 0 Å². The number of pyridine rings is 1. The van der Waals surface area contributed by atoms with Crippen LogP contribution in [0.5, 0.6) is 11.5 Å². The van der Waals surface area contributed by atoms with Crippen LogP contribution in [0.3, 0.4) is 0 Å². The number of hydrogen-bond donors (Lipinski definition) is 2. The summed E-state index contributed by atoms with van der Waals surface area (Å²) in [6.07, 6.45) is 1.20. The van der Waals surface area contributed by atoms with E-state index in [1.54, 1.807) is 6.92 Å². The van der Waals surface area contributed by atoms with Gasteiger partial charge in [0.2, 0.25) is 0 Å². The topological polar surface area (TPSA) is 88.5 Å². The largest absolute Gasteiger partial charge is 0.477 e. The fraction of sp³-hybridized carbons (Fsp3) is 0.0952. The number of amides is 1. The van der Waals surface area contributed by atoms with Crippen LogP contribution in [0.4, 0.5) is 14.5 Å². The molecule has 0 saturated carbocycles. The normalized spacial score (nSPS) is 10.4. The molecular weight excluding hydrogens is 382 g/mol. The van der Waals surface area contributed by atoms with Crippen LogP contribution in [-0.4, -0.2) is 22.0 Å². The average molecular weight is 398 g/mol. The molecule has 0 aliphatic carbocycles. The van der Waals surface area contributed by atoms with Crippen LogP contribution in [0.15, 0.2) is 54.7 Å². The van der Waals surface area contributed by atoms with Gasteiger partial charge < -0.3 is 15.2 Å². The van der Waals surface area contributed by atoms with Gasteiger partial charge in [-0.25, -0.2) is 18.6 Å². The SMILES string of the molecule is Cc1cc(F)ccc1Oc1ccc(CF)cc1C(=O)Nc1ccc(C(=O)O)nc1. The van der Waals surface area contributed by atoms with E-state index in [1.807, 2.05) is 0 Å². The smallest absolute Gasteiger partial charge is 0.354 e. The molecule has 1 heterocycles. The summed E-state index contributed by atoms with van der Waals surface area (Å²) in [4.78, 5) is 27.3. The Morgan fingerprint density at radius 2 is 1.86 bits per heavy atom. The molecule has 2 aromatic carbocycles. The van der Waals surface area contributed by atoms with Crippen LogP contribution in [-0.2, 0) is 6.67 Å². The lowest BCUT2D eigenvalue weighted by atomic mass is 10.1. The van der Waals surface area contributed by atoms with E-state index in [0.717, 1.165) is 0 Å². The van der Waals surface area contributed by atoms with Crippen molar-refractivity contribution in [1.82, 2.24) is 4.98 Å². The van der Waals surface area contributed by atoms with Gasteiger partial charge in [0.1, 0.15) is 29.7 Å². The van der Waals surface area contributed by atoms with Crippen molar-refractivity contribution in [3.8, 4) is 11.5 Å². The van der Waals surface area contributed by atoms with E-state index in [4.69, 9.17) is 9.84 Å². The number of carbonyl (C=O) groups excluding carboxylic acids is 1. The minimum atomic E-state index is -1.19. The summed E-state index contributed by atoms with van der Waals surface area (Å²) in [5, 5.41) is 11.5. The Kier molecular flexibility index (Phi) is 5.82. The Morgan fingerprint density at radius 1 is 1.10 bits per heavy atom. The van der Waals surface area contributed by atoms with Gasteiger partial charge in [0.15, 0.2) is 0 Å². The minimum absolute atomic E-state index is 0.0613. The number of aryl methyl sites for hydroxylation is 1. The standard InChI is InChI=1S/C21H16F2N2O4/c1-12-8-14(23)3-7-18(12)29-19-6-2-13(10-22)9-16(19)20(26)25-15-4-5-17(21(27)28)24-11-15/h2-9,11H,10H2,1H3,(H,25,26)(H,27,28). The molecule has 0 aliphatic heterocycles. The number of nitrogens with zero attached hydrogens (tertiary/aromatic N) is 1. The van der Waals surface area contributed by atoms with Crippen molar-refractivity contribution >= 4 is 17.6 Å². The first-order valence-electron chi connectivity index (χ1n) is 8.51. The van der Waals surface area contributed by atoms with E-state index in [0.29, 0.717) is 11.3 Å². The van der Waals surface area contributed by atoms with Crippen molar-refractivity contribution in [3.05, 3.63) is 82.9 Å². The van der Waals surface area contributed by atoms with Crippen molar-refractivity contribution in [2.75, 3.05) is 5.32 Å². The summed E-state index contributed by atoms with van der Waals surface area (Å²) in [6, 6.07) is 10.9. The third-order valence-corrected chi connectivity index (χ3v) is 4.04. The number of carboxylic acid groups (broad SMARTS) is 1. The lowest BCUT2D eigenvalue weighted by Crippen LogP contribution is -2.14. The summed E-state index contributed by atoms with van der Waals surface area (Å²) in [7, 11) is 0. The Bertz CT molecular complexity index is 1070. The van der Waals surface area contributed by atoms with E-state index < -0.39 is 24.4 Å². The molecule has 0 saturated heterocycles. The average Bonchev–Trinajstić information content (AvgIpc) is 2.70. The molecule has 8 heteroatoms. The van der Waals surface area contributed by atoms with Crippen LogP contribution < -0.4 is 10.1 Å². The zero-order valence-electron chi connectivity index (χ0n) is 15.3. The lowest BCUT2D eigenvalue weighted by Gasteiger charge is -2.14. The molecule has 6 nitrogen and oxygen atoms in total. The summed E-state index contributed by atoms with van der Waals surface area (Å²) < 4.78 is 32.2. The summed E-state index contributed by atoms with van der Waals surface area (Å²) in [5.41, 5.74) is 0.955. The molecule has 1 amide bonds. The monoisotopic (exact) mass is 398 g/mol. The highest BCUT2D eigenvalue weighted by Gasteiger charge is 2.16. The molecule has 0 unspecified atom stereocenters. The predicted octanol–water partition coefficient (Wildman–Crippen LogP) is 4.74. The van der Waals surface area contributed by atoms with Crippen LogP contribution in [0, 0.1) is 12.7 Å². The maximum Gasteiger partial charge on any atom is 0.354 e. The molecule has 1 aromatic heterocycles. The van der Waals surface area contributed by atoms with Gasteiger partial charge in [-0.15, -0.1) is 0 Å². The van der Waals surface area contributed by atoms with Crippen molar-refractivity contribution in [2.45, 2.75) is 13.6 Å². The predicted molar refractivity (Wildman–Crippen MR) is 102 cm³/mol. The molecule has 0 radical (unpaired) electrons. The van der Waals surface area contributed by atoms with Crippen molar-refractivity contribution in [2.24, 2.45) is 0 Å². The minimum Gasteiger partial charge on any atom is -0.477 e. The molecule has 0 fully saturated rings. The molecule has 3 rings (SSSR count). The van der Waals surface area contributed by atoms with Gasteiger partial charge in [-0.3, -0.25) is 4.79 Å². The Labute approximate surface area is 164 Å². The first kappa shape index (κ1) is 19.9. The summed E-state index contributed by atoms with van der Waals surface area (Å²) in [5.74, 6) is -1.70.